The smallest absolute Gasteiger partial charge is 0.250 e. The van der Waals surface area contributed by atoms with Gasteiger partial charge in [-0.3, -0.25) is 5.43 Å². The maximum absolute atomic E-state index is 12.5. The van der Waals surface area contributed by atoms with Crippen molar-refractivity contribution in [1.82, 2.24) is 14.1 Å². The summed E-state index contributed by atoms with van der Waals surface area (Å²) in [4.78, 5) is 6.16. The number of nitrogens with one attached hydrogen (secondary N) is 2. The van der Waals surface area contributed by atoms with E-state index in [-0.39, 0.29) is 23.8 Å². The number of pyridine rings is 1. The Morgan fingerprint density at radius 2 is 1.71 bits per heavy atom. The molecule has 2 heterocycles. The van der Waals surface area contributed by atoms with E-state index < -0.39 is 20.0 Å². The number of hydrazine groups is 1. The summed E-state index contributed by atoms with van der Waals surface area (Å²) in [5.74, 6) is 0.164. The minimum atomic E-state index is -3.76. The van der Waals surface area contributed by atoms with Crippen LogP contribution in [0.2, 0.25) is 0 Å². The molecule has 1 aliphatic rings. The van der Waals surface area contributed by atoms with Crippen LogP contribution < -0.4 is 10.3 Å². The first-order valence-corrected chi connectivity index (χ1v) is 11.4. The van der Waals surface area contributed by atoms with Crippen LogP contribution in [0.25, 0.3) is 6.08 Å². The molecule has 1 saturated heterocycles. The van der Waals surface area contributed by atoms with Gasteiger partial charge in [-0.2, -0.15) is 4.31 Å². The van der Waals surface area contributed by atoms with Crippen LogP contribution in [0.5, 0.6) is 0 Å². The van der Waals surface area contributed by atoms with Crippen molar-refractivity contribution in [2.45, 2.75) is 4.90 Å². The second-order valence-electron chi connectivity index (χ2n) is 5.88. The number of sulfonamides is 2. The molecule has 0 aliphatic carbocycles. The van der Waals surface area contributed by atoms with Gasteiger partial charge in [-0.05, 0) is 23.8 Å². The van der Waals surface area contributed by atoms with E-state index in [4.69, 9.17) is 4.74 Å². The SMILES string of the molecule is O=S(=O)(C=Cc1ccccc1)NNc1ccc(S(=O)(=O)N2CCOCC2)cn1. The number of hydrogen-bond donors (Lipinski definition) is 2. The molecule has 28 heavy (non-hydrogen) atoms. The molecule has 0 amide bonds. The van der Waals surface area contributed by atoms with Gasteiger partial charge in [-0.25, -0.2) is 21.8 Å². The average molecular weight is 425 g/mol. The highest BCUT2D eigenvalue weighted by Crippen LogP contribution is 2.17. The summed E-state index contributed by atoms with van der Waals surface area (Å²) in [6.07, 6.45) is 2.64. The topological polar surface area (TPSA) is 118 Å². The molecule has 0 atom stereocenters. The van der Waals surface area contributed by atoms with Crippen LogP contribution in [0.4, 0.5) is 5.82 Å². The molecular weight excluding hydrogens is 404 g/mol. The van der Waals surface area contributed by atoms with Gasteiger partial charge in [-0.1, -0.05) is 30.3 Å². The van der Waals surface area contributed by atoms with Crippen molar-refractivity contribution < 1.29 is 21.6 Å². The normalized spacial score (nSPS) is 16.3. The lowest BCUT2D eigenvalue weighted by Gasteiger charge is -2.25. The lowest BCUT2D eigenvalue weighted by atomic mass is 10.2. The highest BCUT2D eigenvalue weighted by atomic mass is 32.2. The third-order valence-electron chi connectivity index (χ3n) is 3.90. The van der Waals surface area contributed by atoms with E-state index in [0.717, 1.165) is 11.0 Å². The van der Waals surface area contributed by atoms with Gasteiger partial charge in [0.15, 0.2) is 0 Å². The van der Waals surface area contributed by atoms with E-state index >= 15 is 0 Å². The highest BCUT2D eigenvalue weighted by molar-refractivity contribution is 7.92. The van der Waals surface area contributed by atoms with Gasteiger partial charge in [0.25, 0.3) is 10.0 Å². The molecule has 1 aromatic carbocycles. The zero-order chi connectivity index (χ0) is 20.0. The number of aromatic nitrogens is 1. The van der Waals surface area contributed by atoms with Gasteiger partial charge >= 0.3 is 0 Å². The summed E-state index contributed by atoms with van der Waals surface area (Å²) in [6, 6.07) is 11.7. The first-order chi connectivity index (χ1) is 13.4. The third kappa shape index (κ3) is 5.36. The van der Waals surface area contributed by atoms with Crippen molar-refractivity contribution in [1.29, 1.82) is 0 Å². The number of nitrogens with zero attached hydrogens (tertiary/aromatic N) is 2. The predicted octanol–water partition coefficient (Wildman–Crippen LogP) is 1.02. The van der Waals surface area contributed by atoms with E-state index in [1.165, 1.54) is 28.7 Å². The number of morpholine rings is 1. The van der Waals surface area contributed by atoms with Crippen LogP contribution in [-0.4, -0.2) is 52.4 Å². The summed E-state index contributed by atoms with van der Waals surface area (Å²) >= 11 is 0. The van der Waals surface area contributed by atoms with Crippen molar-refractivity contribution in [2.75, 3.05) is 31.7 Å². The van der Waals surface area contributed by atoms with Crippen LogP contribution in [0, 0.1) is 0 Å². The Bertz CT molecular complexity index is 1020. The Kier molecular flexibility index (Phi) is 6.42. The molecule has 11 heteroatoms. The Hall–Kier alpha value is -2.31. The molecule has 150 valence electrons. The van der Waals surface area contributed by atoms with Gasteiger partial charge in [0.05, 0.1) is 13.2 Å². The molecule has 0 bridgehead atoms. The summed E-state index contributed by atoms with van der Waals surface area (Å²) in [5.41, 5.74) is 3.19. The fourth-order valence-corrected chi connectivity index (χ4v) is 4.44. The van der Waals surface area contributed by atoms with Gasteiger partial charge in [-0.15, -0.1) is 4.83 Å². The second-order valence-corrected chi connectivity index (χ2v) is 9.39. The number of anilines is 1. The molecule has 0 spiro atoms. The summed E-state index contributed by atoms with van der Waals surface area (Å²) in [5, 5.41) is 1.02. The quantitative estimate of drug-likeness (QED) is 0.637. The van der Waals surface area contributed by atoms with Crippen LogP contribution in [0.15, 0.2) is 59.0 Å². The van der Waals surface area contributed by atoms with Crippen LogP contribution in [0.1, 0.15) is 5.56 Å². The summed E-state index contributed by atoms with van der Waals surface area (Å²) in [7, 11) is -7.40. The van der Waals surface area contributed by atoms with Gasteiger partial charge in [0.1, 0.15) is 10.7 Å². The Morgan fingerprint density at radius 3 is 2.36 bits per heavy atom. The molecule has 2 N–H and O–H groups in total. The fraction of sp³-hybridized carbons (Fsp3) is 0.235. The third-order valence-corrected chi connectivity index (χ3v) is 6.67. The molecule has 9 nitrogen and oxygen atoms in total. The highest BCUT2D eigenvalue weighted by Gasteiger charge is 2.26. The number of benzene rings is 1. The summed E-state index contributed by atoms with van der Waals surface area (Å²) in [6.45, 7) is 1.28. The first kappa shape index (κ1) is 20.4. The first-order valence-electron chi connectivity index (χ1n) is 8.42. The van der Waals surface area contributed by atoms with Crippen molar-refractivity contribution >= 4 is 31.9 Å². The average Bonchev–Trinajstić information content (AvgIpc) is 2.73. The summed E-state index contributed by atoms with van der Waals surface area (Å²) < 4.78 is 55.6. The second kappa shape index (κ2) is 8.80. The maximum Gasteiger partial charge on any atom is 0.250 e. The minimum absolute atomic E-state index is 0.0341. The van der Waals surface area contributed by atoms with Gasteiger partial charge < -0.3 is 4.74 Å². The zero-order valence-electron chi connectivity index (χ0n) is 14.9. The Labute approximate surface area is 164 Å². The van der Waals surface area contributed by atoms with Crippen molar-refractivity contribution in [3.05, 3.63) is 59.6 Å². The number of hydrogen-bond acceptors (Lipinski definition) is 7. The van der Waals surface area contributed by atoms with E-state index in [0.29, 0.717) is 13.2 Å². The molecular formula is C17H20N4O5S2. The standard InChI is InChI=1S/C17H20N4O5S2/c22-27(23,13-8-15-4-2-1-3-5-15)20-19-17-7-6-16(14-18-17)28(24,25)21-9-11-26-12-10-21/h1-8,13-14,20H,9-12H2,(H,18,19). The minimum Gasteiger partial charge on any atom is -0.379 e. The number of rotatable bonds is 7. The lowest BCUT2D eigenvalue weighted by Crippen LogP contribution is -2.40. The van der Waals surface area contributed by atoms with E-state index in [1.54, 1.807) is 24.3 Å². The molecule has 1 aliphatic heterocycles. The molecule has 0 saturated carbocycles. The molecule has 2 aromatic rings. The lowest BCUT2D eigenvalue weighted by molar-refractivity contribution is 0.0730. The van der Waals surface area contributed by atoms with Crippen molar-refractivity contribution in [2.24, 2.45) is 0 Å². The van der Waals surface area contributed by atoms with Crippen LogP contribution >= 0.6 is 0 Å². The predicted molar refractivity (Wildman–Crippen MR) is 105 cm³/mol. The van der Waals surface area contributed by atoms with E-state index in [9.17, 15) is 16.8 Å². The monoisotopic (exact) mass is 424 g/mol. The van der Waals surface area contributed by atoms with E-state index in [1.807, 2.05) is 6.07 Å². The van der Waals surface area contributed by atoms with Crippen LogP contribution in [0.3, 0.4) is 0 Å². The molecule has 1 fully saturated rings. The Balaban J connectivity index is 1.62. The molecule has 3 rings (SSSR count). The van der Waals surface area contributed by atoms with Gasteiger partial charge in [0.2, 0.25) is 10.0 Å². The largest absolute Gasteiger partial charge is 0.379 e. The zero-order valence-corrected chi connectivity index (χ0v) is 16.5. The fourth-order valence-electron chi connectivity index (χ4n) is 2.43. The van der Waals surface area contributed by atoms with Crippen molar-refractivity contribution in [3.63, 3.8) is 0 Å². The Morgan fingerprint density at radius 1 is 1.00 bits per heavy atom. The van der Waals surface area contributed by atoms with Gasteiger partial charge in [0, 0.05) is 24.7 Å². The van der Waals surface area contributed by atoms with E-state index in [2.05, 4.69) is 15.2 Å². The molecule has 0 radical (unpaired) electrons. The molecule has 1 aromatic heterocycles. The van der Waals surface area contributed by atoms with Crippen LogP contribution in [-0.2, 0) is 24.8 Å². The maximum atomic E-state index is 12.5. The van der Waals surface area contributed by atoms with Crippen molar-refractivity contribution in [3.8, 4) is 0 Å². The molecule has 0 unspecified atom stereocenters. The number of ether oxygens (including phenoxy) is 1.